The molecule has 3 nitrogen and oxygen atoms in total. The van der Waals surface area contributed by atoms with Crippen LogP contribution in [0.1, 0.15) is 16.3 Å². The number of thiophene rings is 1. The van der Waals surface area contributed by atoms with Crippen LogP contribution in [0.4, 0.5) is 11.5 Å². The molecule has 0 spiro atoms. The van der Waals surface area contributed by atoms with E-state index in [1.165, 1.54) is 10.4 Å². The number of rotatable bonds is 4. The van der Waals surface area contributed by atoms with Crippen LogP contribution in [-0.4, -0.2) is 9.97 Å². The highest BCUT2D eigenvalue weighted by atomic mass is 35.5. The van der Waals surface area contributed by atoms with Gasteiger partial charge in [0, 0.05) is 17.0 Å². The van der Waals surface area contributed by atoms with Gasteiger partial charge in [0.15, 0.2) is 0 Å². The van der Waals surface area contributed by atoms with Gasteiger partial charge in [0.1, 0.15) is 16.5 Å². The van der Waals surface area contributed by atoms with Crippen molar-refractivity contribution < 1.29 is 0 Å². The van der Waals surface area contributed by atoms with Crippen molar-refractivity contribution in [3.05, 3.63) is 80.9 Å². The Kier molecular flexibility index (Phi) is 4.81. The first-order valence-electron chi connectivity index (χ1n) is 8.11. The quantitative estimate of drug-likeness (QED) is 0.417. The highest BCUT2D eigenvalue weighted by molar-refractivity contribution is 7.18. The number of hydrogen-bond acceptors (Lipinski definition) is 4. The number of benzene rings is 2. The van der Waals surface area contributed by atoms with E-state index in [1.54, 1.807) is 23.5 Å². The van der Waals surface area contributed by atoms with E-state index in [0.717, 1.165) is 27.5 Å². The van der Waals surface area contributed by atoms with E-state index < -0.39 is 0 Å². The van der Waals surface area contributed by atoms with Gasteiger partial charge in [0.25, 0.3) is 0 Å². The Hall–Kier alpha value is -2.14. The summed E-state index contributed by atoms with van der Waals surface area (Å²) in [4.78, 5) is 11.7. The Morgan fingerprint density at radius 3 is 2.54 bits per heavy atom. The van der Waals surface area contributed by atoms with Gasteiger partial charge < -0.3 is 5.32 Å². The topological polar surface area (TPSA) is 37.8 Å². The smallest absolute Gasteiger partial charge is 0.142 e. The zero-order chi connectivity index (χ0) is 18.1. The van der Waals surface area contributed by atoms with Crippen molar-refractivity contribution in [2.75, 3.05) is 5.32 Å². The molecule has 6 heteroatoms. The van der Waals surface area contributed by atoms with Crippen LogP contribution in [0.3, 0.4) is 0 Å². The number of aryl methyl sites for hydroxylation is 1. The third-order valence-electron chi connectivity index (χ3n) is 3.95. The summed E-state index contributed by atoms with van der Waals surface area (Å²) in [5.41, 5.74) is 2.02. The van der Waals surface area contributed by atoms with Crippen molar-refractivity contribution in [1.82, 2.24) is 9.97 Å². The van der Waals surface area contributed by atoms with Crippen LogP contribution < -0.4 is 5.32 Å². The molecule has 2 aromatic carbocycles. The van der Waals surface area contributed by atoms with Crippen molar-refractivity contribution >= 4 is 56.3 Å². The van der Waals surface area contributed by atoms with Gasteiger partial charge in [0.05, 0.1) is 15.4 Å². The molecule has 0 unspecified atom stereocenters. The number of nitrogens with one attached hydrogen (secondary N) is 1. The van der Waals surface area contributed by atoms with E-state index in [4.69, 9.17) is 33.2 Å². The minimum atomic E-state index is 0.507. The lowest BCUT2D eigenvalue weighted by atomic mass is 10.1. The molecule has 0 saturated heterocycles. The second-order valence-electron chi connectivity index (χ2n) is 5.98. The molecule has 1 N–H and O–H groups in total. The molecule has 0 aliphatic rings. The number of halogens is 2. The monoisotopic (exact) mass is 399 g/mol. The molecule has 0 radical (unpaired) electrons. The maximum Gasteiger partial charge on any atom is 0.142 e. The Morgan fingerprint density at radius 2 is 1.77 bits per heavy atom. The van der Waals surface area contributed by atoms with E-state index >= 15 is 0 Å². The number of fused-ring (bicyclic) bond motifs is 1. The molecule has 0 saturated carbocycles. The first-order valence-corrected chi connectivity index (χ1v) is 9.69. The zero-order valence-corrected chi connectivity index (χ0v) is 16.3. The summed E-state index contributed by atoms with van der Waals surface area (Å²) >= 11 is 13.8. The highest BCUT2D eigenvalue weighted by Crippen LogP contribution is 2.32. The minimum Gasteiger partial charge on any atom is -0.340 e. The van der Waals surface area contributed by atoms with E-state index in [-0.39, 0.29) is 0 Å². The van der Waals surface area contributed by atoms with Crippen LogP contribution in [0.2, 0.25) is 10.0 Å². The molecule has 26 heavy (non-hydrogen) atoms. The Morgan fingerprint density at radius 1 is 0.962 bits per heavy atom. The standard InChI is InChI=1S/C20H15Cl2N3S/c1-12-9-15-19(23-14-7-8-16(21)17(22)11-14)24-18(25-20(15)26-12)10-13-5-3-2-4-6-13/h2-9,11H,10H2,1H3,(H,23,24,25). The summed E-state index contributed by atoms with van der Waals surface area (Å²) in [5, 5.41) is 5.41. The maximum atomic E-state index is 6.14. The molecule has 4 rings (SSSR count). The van der Waals surface area contributed by atoms with Crippen LogP contribution in [0.25, 0.3) is 10.2 Å². The summed E-state index contributed by atoms with van der Waals surface area (Å²) in [6.45, 7) is 2.08. The van der Waals surface area contributed by atoms with E-state index in [1.807, 2.05) is 24.3 Å². The predicted molar refractivity (Wildman–Crippen MR) is 111 cm³/mol. The van der Waals surface area contributed by atoms with Crippen LogP contribution in [-0.2, 0) is 6.42 Å². The molecule has 4 aromatic rings. The molecule has 0 amide bonds. The molecule has 2 aromatic heterocycles. The molecule has 130 valence electrons. The fourth-order valence-corrected chi connectivity index (χ4v) is 3.95. The molecule has 0 fully saturated rings. The van der Waals surface area contributed by atoms with Gasteiger partial charge >= 0.3 is 0 Å². The van der Waals surface area contributed by atoms with Gasteiger partial charge in [-0.15, -0.1) is 11.3 Å². The number of hydrogen-bond donors (Lipinski definition) is 1. The van der Waals surface area contributed by atoms with Crippen molar-refractivity contribution in [3.63, 3.8) is 0 Å². The van der Waals surface area contributed by atoms with Crippen molar-refractivity contribution in [2.45, 2.75) is 13.3 Å². The largest absolute Gasteiger partial charge is 0.340 e. The first-order chi connectivity index (χ1) is 12.6. The molecule has 0 atom stereocenters. The third kappa shape index (κ3) is 3.68. The SMILES string of the molecule is Cc1cc2c(Nc3ccc(Cl)c(Cl)c3)nc(Cc3ccccc3)nc2s1. The molecule has 0 aliphatic heterocycles. The summed E-state index contributed by atoms with van der Waals surface area (Å²) in [6, 6.07) is 17.8. The molecular weight excluding hydrogens is 385 g/mol. The fourth-order valence-electron chi connectivity index (χ4n) is 2.75. The van der Waals surface area contributed by atoms with E-state index in [9.17, 15) is 0 Å². The van der Waals surface area contributed by atoms with Crippen molar-refractivity contribution in [2.24, 2.45) is 0 Å². The van der Waals surface area contributed by atoms with Gasteiger partial charge in [0.2, 0.25) is 0 Å². The maximum absolute atomic E-state index is 6.14. The molecule has 2 heterocycles. The second kappa shape index (κ2) is 7.23. The van der Waals surface area contributed by atoms with Crippen LogP contribution in [0.15, 0.2) is 54.6 Å². The van der Waals surface area contributed by atoms with E-state index in [0.29, 0.717) is 16.5 Å². The minimum absolute atomic E-state index is 0.507. The number of nitrogens with zero attached hydrogens (tertiary/aromatic N) is 2. The van der Waals surface area contributed by atoms with Crippen molar-refractivity contribution in [1.29, 1.82) is 0 Å². The third-order valence-corrected chi connectivity index (χ3v) is 5.63. The van der Waals surface area contributed by atoms with Gasteiger partial charge in [-0.25, -0.2) is 9.97 Å². The van der Waals surface area contributed by atoms with Crippen LogP contribution in [0.5, 0.6) is 0 Å². The van der Waals surface area contributed by atoms with Gasteiger partial charge in [-0.2, -0.15) is 0 Å². The Bertz CT molecular complexity index is 1080. The van der Waals surface area contributed by atoms with Gasteiger partial charge in [-0.1, -0.05) is 53.5 Å². The van der Waals surface area contributed by atoms with E-state index in [2.05, 4.69) is 30.4 Å². The van der Waals surface area contributed by atoms with Crippen LogP contribution in [0, 0.1) is 6.92 Å². The zero-order valence-electron chi connectivity index (χ0n) is 14.0. The predicted octanol–water partition coefficient (Wildman–Crippen LogP) is 6.64. The average Bonchev–Trinajstić information content (AvgIpc) is 3.00. The fraction of sp³-hybridized carbons (Fsp3) is 0.100. The Balaban J connectivity index is 1.75. The van der Waals surface area contributed by atoms with Crippen molar-refractivity contribution in [3.8, 4) is 0 Å². The summed E-state index contributed by atoms with van der Waals surface area (Å²) in [5.74, 6) is 1.57. The molecule has 0 aliphatic carbocycles. The highest BCUT2D eigenvalue weighted by Gasteiger charge is 2.12. The molecule has 0 bridgehead atoms. The lowest BCUT2D eigenvalue weighted by Gasteiger charge is -2.10. The normalized spacial score (nSPS) is 11.0. The van der Waals surface area contributed by atoms with Gasteiger partial charge in [-0.3, -0.25) is 0 Å². The number of anilines is 2. The van der Waals surface area contributed by atoms with Gasteiger partial charge in [-0.05, 0) is 36.8 Å². The summed E-state index contributed by atoms with van der Waals surface area (Å²) < 4.78 is 0. The van der Waals surface area contributed by atoms with Crippen LogP contribution >= 0.6 is 34.5 Å². The first kappa shape index (κ1) is 17.3. The lowest BCUT2D eigenvalue weighted by Crippen LogP contribution is -2.01. The second-order valence-corrected chi connectivity index (χ2v) is 8.03. The lowest BCUT2D eigenvalue weighted by molar-refractivity contribution is 1.000. The Labute approximate surface area is 165 Å². The number of aromatic nitrogens is 2. The summed E-state index contributed by atoms with van der Waals surface area (Å²) in [7, 11) is 0. The average molecular weight is 400 g/mol. The summed E-state index contributed by atoms with van der Waals surface area (Å²) in [6.07, 6.45) is 0.684. The molecular formula is C20H15Cl2N3S.